The standard InChI is InChI=1S/C9H8ClN3O3/c1-16-9(15)6(14)4-2-11-8-5(4)7(10)12-3-13-8/h2-3,6,14H,1H3,(H,11,12,13). The summed E-state index contributed by atoms with van der Waals surface area (Å²) >= 11 is 5.86. The maximum absolute atomic E-state index is 11.2. The minimum atomic E-state index is -1.40. The average molecular weight is 242 g/mol. The predicted molar refractivity (Wildman–Crippen MR) is 55.9 cm³/mol. The number of H-pyrrole nitrogens is 1. The molecule has 2 heterocycles. The minimum absolute atomic E-state index is 0.171. The van der Waals surface area contributed by atoms with E-state index < -0.39 is 12.1 Å². The van der Waals surface area contributed by atoms with Crippen molar-refractivity contribution in [2.24, 2.45) is 0 Å². The number of hydrogen-bond acceptors (Lipinski definition) is 5. The van der Waals surface area contributed by atoms with Crippen molar-refractivity contribution in [3.8, 4) is 0 Å². The number of nitrogens with one attached hydrogen (secondary N) is 1. The van der Waals surface area contributed by atoms with Crippen LogP contribution in [0.25, 0.3) is 11.0 Å². The molecule has 7 heteroatoms. The molecule has 0 radical (unpaired) electrons. The molecule has 1 atom stereocenters. The van der Waals surface area contributed by atoms with E-state index in [4.69, 9.17) is 11.6 Å². The number of aromatic amines is 1. The lowest BCUT2D eigenvalue weighted by Gasteiger charge is -2.06. The van der Waals surface area contributed by atoms with Gasteiger partial charge in [0.15, 0.2) is 6.10 Å². The summed E-state index contributed by atoms with van der Waals surface area (Å²) in [4.78, 5) is 21.7. The minimum Gasteiger partial charge on any atom is -0.467 e. The molecule has 0 saturated carbocycles. The molecule has 2 rings (SSSR count). The van der Waals surface area contributed by atoms with Crippen LogP contribution in [0.4, 0.5) is 0 Å². The first-order valence-corrected chi connectivity index (χ1v) is 4.76. The maximum Gasteiger partial charge on any atom is 0.339 e. The number of aliphatic hydroxyl groups excluding tert-OH is 1. The molecule has 0 aliphatic carbocycles. The molecule has 1 unspecified atom stereocenters. The normalized spacial score (nSPS) is 12.7. The van der Waals surface area contributed by atoms with Crippen molar-refractivity contribution >= 4 is 28.6 Å². The molecule has 16 heavy (non-hydrogen) atoms. The van der Waals surface area contributed by atoms with Gasteiger partial charge >= 0.3 is 5.97 Å². The van der Waals surface area contributed by atoms with Crippen molar-refractivity contribution in [1.82, 2.24) is 15.0 Å². The van der Waals surface area contributed by atoms with Gasteiger partial charge in [-0.3, -0.25) is 0 Å². The molecule has 0 bridgehead atoms. The molecule has 0 fully saturated rings. The van der Waals surface area contributed by atoms with Crippen LogP contribution < -0.4 is 0 Å². The number of aliphatic hydroxyl groups is 1. The van der Waals surface area contributed by atoms with Crippen LogP contribution in [0.1, 0.15) is 11.7 Å². The van der Waals surface area contributed by atoms with E-state index >= 15 is 0 Å². The van der Waals surface area contributed by atoms with Crippen LogP contribution in [-0.2, 0) is 9.53 Å². The Kier molecular flexibility index (Phi) is 2.76. The predicted octanol–water partition coefficient (Wildman–Crippen LogP) is 0.818. The second-order valence-corrected chi connectivity index (χ2v) is 3.42. The number of halogens is 1. The first kappa shape index (κ1) is 10.8. The quantitative estimate of drug-likeness (QED) is 0.600. The van der Waals surface area contributed by atoms with E-state index in [-0.39, 0.29) is 5.15 Å². The van der Waals surface area contributed by atoms with Gasteiger partial charge in [-0.2, -0.15) is 0 Å². The highest BCUT2D eigenvalue weighted by Crippen LogP contribution is 2.28. The molecule has 2 N–H and O–H groups in total. The summed E-state index contributed by atoms with van der Waals surface area (Å²) in [6, 6.07) is 0. The second-order valence-electron chi connectivity index (χ2n) is 3.06. The Hall–Kier alpha value is -1.66. The zero-order valence-corrected chi connectivity index (χ0v) is 9.02. The molecule has 2 aromatic rings. The smallest absolute Gasteiger partial charge is 0.339 e. The molecule has 0 aromatic carbocycles. The van der Waals surface area contributed by atoms with Crippen molar-refractivity contribution in [3.63, 3.8) is 0 Å². The van der Waals surface area contributed by atoms with Crippen LogP contribution >= 0.6 is 11.6 Å². The van der Waals surface area contributed by atoms with Crippen molar-refractivity contribution in [3.05, 3.63) is 23.2 Å². The van der Waals surface area contributed by atoms with Gasteiger partial charge in [0.2, 0.25) is 0 Å². The summed E-state index contributed by atoms with van der Waals surface area (Å²) in [5, 5.41) is 10.3. The van der Waals surface area contributed by atoms with Gasteiger partial charge in [0.05, 0.1) is 12.5 Å². The van der Waals surface area contributed by atoms with E-state index in [1.807, 2.05) is 0 Å². The van der Waals surface area contributed by atoms with Gasteiger partial charge in [-0.05, 0) is 0 Å². The van der Waals surface area contributed by atoms with Crippen LogP contribution in [0, 0.1) is 0 Å². The van der Waals surface area contributed by atoms with Gasteiger partial charge < -0.3 is 14.8 Å². The van der Waals surface area contributed by atoms with Crippen LogP contribution in [0.2, 0.25) is 5.15 Å². The summed E-state index contributed by atoms with van der Waals surface area (Å²) < 4.78 is 4.44. The Morgan fingerprint density at radius 1 is 1.62 bits per heavy atom. The van der Waals surface area contributed by atoms with Crippen molar-refractivity contribution in [1.29, 1.82) is 0 Å². The fourth-order valence-corrected chi connectivity index (χ4v) is 1.64. The van der Waals surface area contributed by atoms with Gasteiger partial charge in [-0.25, -0.2) is 14.8 Å². The number of methoxy groups -OCH3 is 1. The highest BCUT2D eigenvalue weighted by atomic mass is 35.5. The average Bonchev–Trinajstić information content (AvgIpc) is 2.72. The highest BCUT2D eigenvalue weighted by Gasteiger charge is 2.23. The van der Waals surface area contributed by atoms with E-state index in [2.05, 4.69) is 19.7 Å². The van der Waals surface area contributed by atoms with Gasteiger partial charge in [-0.15, -0.1) is 0 Å². The Balaban J connectivity index is 2.57. The van der Waals surface area contributed by atoms with Crippen LogP contribution in [-0.4, -0.2) is 33.1 Å². The van der Waals surface area contributed by atoms with Gasteiger partial charge in [0, 0.05) is 11.8 Å². The number of rotatable bonds is 2. The van der Waals surface area contributed by atoms with Gasteiger partial charge in [0.1, 0.15) is 17.1 Å². The Morgan fingerprint density at radius 3 is 3.06 bits per heavy atom. The molecular weight excluding hydrogens is 234 g/mol. The lowest BCUT2D eigenvalue weighted by Crippen LogP contribution is -2.13. The summed E-state index contributed by atoms with van der Waals surface area (Å²) in [5.41, 5.74) is 0.755. The third kappa shape index (κ3) is 1.62. The summed E-state index contributed by atoms with van der Waals surface area (Å²) in [7, 11) is 1.19. The topological polar surface area (TPSA) is 88.1 Å². The molecule has 6 nitrogen and oxygen atoms in total. The summed E-state index contributed by atoms with van der Waals surface area (Å²) in [6.45, 7) is 0. The van der Waals surface area contributed by atoms with Crippen LogP contribution in [0.3, 0.4) is 0 Å². The molecule has 0 aliphatic heterocycles. The van der Waals surface area contributed by atoms with Crippen LogP contribution in [0.15, 0.2) is 12.5 Å². The first-order chi connectivity index (χ1) is 7.65. The van der Waals surface area contributed by atoms with Gasteiger partial charge in [0.25, 0.3) is 0 Å². The number of fused-ring (bicyclic) bond motifs is 1. The number of carbonyl (C=O) groups is 1. The largest absolute Gasteiger partial charge is 0.467 e. The van der Waals surface area contributed by atoms with Crippen LogP contribution in [0.5, 0.6) is 0 Å². The Bertz CT molecular complexity index is 540. The first-order valence-electron chi connectivity index (χ1n) is 4.38. The fraction of sp³-hybridized carbons (Fsp3) is 0.222. The van der Waals surface area contributed by atoms with Crippen molar-refractivity contribution in [2.75, 3.05) is 7.11 Å². The third-order valence-electron chi connectivity index (χ3n) is 2.17. The van der Waals surface area contributed by atoms with Crippen molar-refractivity contribution < 1.29 is 14.6 Å². The molecule has 0 saturated heterocycles. The molecule has 2 aromatic heterocycles. The molecule has 84 valence electrons. The molecular formula is C9H8ClN3O3. The number of aromatic nitrogens is 3. The molecule has 0 amide bonds. The zero-order valence-electron chi connectivity index (χ0n) is 8.27. The van der Waals surface area contributed by atoms with Gasteiger partial charge in [-0.1, -0.05) is 11.6 Å². The molecule has 0 spiro atoms. The lowest BCUT2D eigenvalue weighted by atomic mass is 10.1. The maximum atomic E-state index is 11.2. The summed E-state index contributed by atoms with van der Waals surface area (Å²) in [6.07, 6.45) is 1.34. The van der Waals surface area contributed by atoms with E-state index in [0.29, 0.717) is 16.6 Å². The Morgan fingerprint density at radius 2 is 2.38 bits per heavy atom. The van der Waals surface area contributed by atoms with E-state index in [0.717, 1.165) is 0 Å². The van der Waals surface area contributed by atoms with E-state index in [1.165, 1.54) is 19.6 Å². The third-order valence-corrected chi connectivity index (χ3v) is 2.46. The van der Waals surface area contributed by atoms with E-state index in [9.17, 15) is 9.90 Å². The molecule has 0 aliphatic rings. The number of nitrogens with zero attached hydrogens (tertiary/aromatic N) is 2. The number of carbonyl (C=O) groups excluding carboxylic acids is 1. The fourth-order valence-electron chi connectivity index (χ4n) is 1.40. The SMILES string of the molecule is COC(=O)C(O)c1c[nH]c2ncnc(Cl)c12. The monoisotopic (exact) mass is 241 g/mol. The highest BCUT2D eigenvalue weighted by molar-refractivity contribution is 6.34. The zero-order chi connectivity index (χ0) is 11.7. The number of hydrogen-bond donors (Lipinski definition) is 2. The van der Waals surface area contributed by atoms with Crippen molar-refractivity contribution in [2.45, 2.75) is 6.10 Å². The number of esters is 1. The lowest BCUT2D eigenvalue weighted by molar-refractivity contribution is -0.150. The summed E-state index contributed by atoms with van der Waals surface area (Å²) in [5.74, 6) is -0.763. The van der Waals surface area contributed by atoms with E-state index in [1.54, 1.807) is 0 Å². The second kappa shape index (κ2) is 4.07. The Labute approximate surface area is 95.2 Å². The number of ether oxygens (including phenoxy) is 1.